The predicted octanol–water partition coefficient (Wildman–Crippen LogP) is 3.19. The van der Waals surface area contributed by atoms with Crippen LogP contribution in [-0.2, 0) is 20.0 Å². The van der Waals surface area contributed by atoms with Crippen molar-refractivity contribution in [2.75, 3.05) is 27.2 Å². The molecule has 148 valence electrons. The minimum Gasteiger partial charge on any atom is -0.497 e. The molecule has 2 rings (SSSR count). The maximum absolute atomic E-state index is 5.29. The molecule has 0 saturated heterocycles. The van der Waals surface area contributed by atoms with Crippen molar-refractivity contribution in [1.29, 1.82) is 0 Å². The third-order valence-corrected chi connectivity index (χ3v) is 4.38. The molecule has 0 bridgehead atoms. The van der Waals surface area contributed by atoms with Gasteiger partial charge in [0.2, 0.25) is 0 Å². The van der Waals surface area contributed by atoms with E-state index in [0.29, 0.717) is 5.92 Å². The van der Waals surface area contributed by atoms with Crippen LogP contribution in [0, 0.1) is 0 Å². The van der Waals surface area contributed by atoms with Crippen molar-refractivity contribution in [3.8, 4) is 5.75 Å². The second kappa shape index (κ2) is 10.00. The number of nitrogens with one attached hydrogen (secondary N) is 1. The molecule has 0 saturated carbocycles. The zero-order chi connectivity index (χ0) is 19.8. The minimum absolute atomic E-state index is 0.405. The van der Waals surface area contributed by atoms with E-state index in [-0.39, 0.29) is 0 Å². The van der Waals surface area contributed by atoms with E-state index in [1.165, 1.54) is 11.1 Å². The Balaban J connectivity index is 2.05. The molecule has 0 atom stereocenters. The van der Waals surface area contributed by atoms with Crippen LogP contribution >= 0.6 is 0 Å². The number of rotatable bonds is 8. The summed E-state index contributed by atoms with van der Waals surface area (Å²) in [4.78, 5) is 6.97. The van der Waals surface area contributed by atoms with Crippen molar-refractivity contribution in [3.63, 3.8) is 0 Å². The summed E-state index contributed by atoms with van der Waals surface area (Å²) in [6.07, 6.45) is 2.98. The highest BCUT2D eigenvalue weighted by atomic mass is 16.5. The molecule has 1 heterocycles. The molecule has 1 aromatic carbocycles. The highest BCUT2D eigenvalue weighted by molar-refractivity contribution is 5.79. The zero-order valence-corrected chi connectivity index (χ0v) is 17.5. The largest absolute Gasteiger partial charge is 0.497 e. The summed E-state index contributed by atoms with van der Waals surface area (Å²) in [5.74, 6) is 2.21. The molecule has 6 nitrogen and oxygen atoms in total. The lowest BCUT2D eigenvalue weighted by atomic mass is 10.1. The van der Waals surface area contributed by atoms with E-state index >= 15 is 0 Å². The number of ether oxygens (including phenoxy) is 1. The van der Waals surface area contributed by atoms with Gasteiger partial charge in [0.25, 0.3) is 0 Å². The van der Waals surface area contributed by atoms with Crippen LogP contribution in [0.3, 0.4) is 0 Å². The van der Waals surface area contributed by atoms with E-state index in [1.54, 1.807) is 7.11 Å². The fourth-order valence-electron chi connectivity index (χ4n) is 3.08. The summed E-state index contributed by atoms with van der Waals surface area (Å²) in [6.45, 7) is 8.80. The first-order valence-electron chi connectivity index (χ1n) is 9.59. The minimum atomic E-state index is 0.405. The standard InChI is InChI=1S/C21H33N5O/c1-7-22-21(23-12-11-17-9-8-10-19(13-17)27-6)25(4)14-18-15-26(5)24-20(18)16(2)3/h8-10,13,15-16H,7,11-12,14H2,1-6H3,(H,22,23). The molecular formula is C21H33N5O. The van der Waals surface area contributed by atoms with Gasteiger partial charge in [0, 0.05) is 45.5 Å². The van der Waals surface area contributed by atoms with E-state index in [9.17, 15) is 0 Å². The zero-order valence-electron chi connectivity index (χ0n) is 17.5. The Bertz CT molecular complexity index is 751. The Labute approximate surface area is 163 Å². The van der Waals surface area contributed by atoms with Crippen molar-refractivity contribution in [2.45, 2.75) is 39.7 Å². The molecule has 0 aliphatic carbocycles. The third kappa shape index (κ3) is 6.01. The normalized spacial score (nSPS) is 11.7. The van der Waals surface area contributed by atoms with Gasteiger partial charge in [-0.2, -0.15) is 5.10 Å². The molecule has 0 spiro atoms. The van der Waals surface area contributed by atoms with Crippen molar-refractivity contribution >= 4 is 5.96 Å². The summed E-state index contributed by atoms with van der Waals surface area (Å²) in [5, 5.41) is 8.00. The van der Waals surface area contributed by atoms with Crippen LogP contribution in [0.5, 0.6) is 5.75 Å². The lowest BCUT2D eigenvalue weighted by molar-refractivity contribution is 0.414. The van der Waals surface area contributed by atoms with Crippen molar-refractivity contribution in [1.82, 2.24) is 20.0 Å². The van der Waals surface area contributed by atoms with Crippen LogP contribution in [0.15, 0.2) is 35.5 Å². The van der Waals surface area contributed by atoms with Gasteiger partial charge in [0.1, 0.15) is 5.75 Å². The summed E-state index contributed by atoms with van der Waals surface area (Å²) in [6, 6.07) is 8.16. The summed E-state index contributed by atoms with van der Waals surface area (Å²) in [5.41, 5.74) is 3.62. The summed E-state index contributed by atoms with van der Waals surface area (Å²) >= 11 is 0. The molecule has 27 heavy (non-hydrogen) atoms. The molecule has 1 N–H and O–H groups in total. The van der Waals surface area contributed by atoms with Gasteiger partial charge >= 0.3 is 0 Å². The maximum Gasteiger partial charge on any atom is 0.193 e. The van der Waals surface area contributed by atoms with Gasteiger partial charge < -0.3 is 15.0 Å². The van der Waals surface area contributed by atoms with E-state index in [1.807, 2.05) is 23.9 Å². The lowest BCUT2D eigenvalue weighted by Gasteiger charge is -2.22. The number of aromatic nitrogens is 2. The fraction of sp³-hybridized carbons (Fsp3) is 0.524. The smallest absolute Gasteiger partial charge is 0.193 e. The molecule has 0 radical (unpaired) electrons. The first-order chi connectivity index (χ1) is 12.9. The van der Waals surface area contributed by atoms with Crippen LogP contribution in [0.25, 0.3) is 0 Å². The highest BCUT2D eigenvalue weighted by Gasteiger charge is 2.15. The van der Waals surface area contributed by atoms with Crippen LogP contribution in [0.1, 0.15) is 43.5 Å². The molecule has 6 heteroatoms. The molecule has 0 unspecified atom stereocenters. The molecule has 1 aromatic heterocycles. The molecule has 0 amide bonds. The first kappa shape index (κ1) is 20.8. The molecule has 2 aromatic rings. The fourth-order valence-corrected chi connectivity index (χ4v) is 3.08. The number of hydrogen-bond acceptors (Lipinski definition) is 3. The lowest BCUT2D eigenvalue weighted by Crippen LogP contribution is -2.38. The van der Waals surface area contributed by atoms with E-state index < -0.39 is 0 Å². The van der Waals surface area contributed by atoms with Gasteiger partial charge in [-0.25, -0.2) is 0 Å². The maximum atomic E-state index is 5.29. The molecule has 0 aliphatic heterocycles. The number of methoxy groups -OCH3 is 1. The molecule has 0 aliphatic rings. The SMILES string of the molecule is CCNC(=NCCc1cccc(OC)c1)N(C)Cc1cn(C)nc1C(C)C. The van der Waals surface area contributed by atoms with E-state index in [0.717, 1.165) is 43.5 Å². The number of hydrogen-bond donors (Lipinski definition) is 1. The summed E-state index contributed by atoms with van der Waals surface area (Å²) in [7, 11) is 5.74. The monoisotopic (exact) mass is 371 g/mol. The Hall–Kier alpha value is -2.50. The Morgan fingerprint density at radius 3 is 2.81 bits per heavy atom. The Morgan fingerprint density at radius 1 is 1.37 bits per heavy atom. The van der Waals surface area contributed by atoms with E-state index in [4.69, 9.17) is 9.73 Å². The second-order valence-electron chi connectivity index (χ2n) is 7.06. The third-order valence-electron chi connectivity index (χ3n) is 4.38. The average molecular weight is 372 g/mol. The van der Waals surface area contributed by atoms with Gasteiger partial charge in [-0.1, -0.05) is 26.0 Å². The van der Waals surface area contributed by atoms with E-state index in [2.05, 4.69) is 61.5 Å². The predicted molar refractivity (Wildman–Crippen MR) is 111 cm³/mol. The van der Waals surface area contributed by atoms with Crippen LogP contribution in [0.2, 0.25) is 0 Å². The van der Waals surface area contributed by atoms with Crippen LogP contribution in [-0.4, -0.2) is 47.9 Å². The Morgan fingerprint density at radius 2 is 2.15 bits per heavy atom. The van der Waals surface area contributed by atoms with Crippen molar-refractivity contribution in [2.24, 2.45) is 12.0 Å². The van der Waals surface area contributed by atoms with Gasteiger partial charge in [0.15, 0.2) is 5.96 Å². The number of aliphatic imine (C=N–C) groups is 1. The van der Waals surface area contributed by atoms with Gasteiger partial charge in [-0.3, -0.25) is 9.67 Å². The first-order valence-corrected chi connectivity index (χ1v) is 9.59. The van der Waals surface area contributed by atoms with Crippen molar-refractivity contribution < 1.29 is 4.74 Å². The van der Waals surface area contributed by atoms with Gasteiger partial charge in [-0.15, -0.1) is 0 Å². The number of guanidine groups is 1. The number of aryl methyl sites for hydroxylation is 1. The average Bonchev–Trinajstić information content (AvgIpc) is 3.01. The molecular weight excluding hydrogens is 338 g/mol. The van der Waals surface area contributed by atoms with Crippen molar-refractivity contribution in [3.05, 3.63) is 47.3 Å². The number of nitrogens with zero attached hydrogens (tertiary/aromatic N) is 4. The van der Waals surface area contributed by atoms with Gasteiger partial charge in [0.05, 0.1) is 12.8 Å². The Kier molecular flexibility index (Phi) is 7.70. The highest BCUT2D eigenvalue weighted by Crippen LogP contribution is 2.18. The van der Waals surface area contributed by atoms with Crippen LogP contribution in [0.4, 0.5) is 0 Å². The van der Waals surface area contributed by atoms with Gasteiger partial charge in [-0.05, 0) is 37.0 Å². The molecule has 0 fully saturated rings. The quantitative estimate of drug-likeness (QED) is 0.572. The van der Waals surface area contributed by atoms with Crippen LogP contribution < -0.4 is 10.1 Å². The summed E-state index contributed by atoms with van der Waals surface area (Å²) < 4.78 is 7.19. The topological polar surface area (TPSA) is 54.7 Å². The second-order valence-corrected chi connectivity index (χ2v) is 7.06. The number of benzene rings is 1.